The van der Waals surface area contributed by atoms with Gasteiger partial charge in [0.25, 0.3) is 5.69 Å². The number of carbonyl (C=O) groups excluding carboxylic acids is 1. The van der Waals surface area contributed by atoms with Gasteiger partial charge in [-0.05, 0) is 43.2 Å². The van der Waals surface area contributed by atoms with Crippen molar-refractivity contribution in [3.63, 3.8) is 0 Å². The molecular weight excluding hydrogens is 368 g/mol. The van der Waals surface area contributed by atoms with Crippen LogP contribution in [-0.2, 0) is 11.2 Å². The highest BCUT2D eigenvalue weighted by atomic mass is 32.2. The third-order valence-electron chi connectivity index (χ3n) is 4.05. The van der Waals surface area contributed by atoms with Crippen LogP contribution in [-0.4, -0.2) is 35.8 Å². The highest BCUT2D eigenvalue weighted by Crippen LogP contribution is 2.30. The fraction of sp³-hybridized carbons (Fsp3) is 0.316. The molecule has 0 aromatic heterocycles. The van der Waals surface area contributed by atoms with E-state index in [1.165, 1.54) is 23.9 Å². The van der Waals surface area contributed by atoms with Crippen LogP contribution in [0, 0.1) is 10.1 Å². The molecule has 0 saturated carbocycles. The summed E-state index contributed by atoms with van der Waals surface area (Å²) in [5.74, 6) is 1.42. The van der Waals surface area contributed by atoms with Crippen molar-refractivity contribution in [2.24, 2.45) is 0 Å². The number of benzene rings is 2. The van der Waals surface area contributed by atoms with Gasteiger partial charge in [-0.3, -0.25) is 14.9 Å². The van der Waals surface area contributed by atoms with Crippen LogP contribution in [0.15, 0.2) is 47.4 Å². The largest absolute Gasteiger partial charge is 0.486 e. The van der Waals surface area contributed by atoms with Gasteiger partial charge < -0.3 is 14.8 Å². The number of ether oxygens (including phenoxy) is 2. The van der Waals surface area contributed by atoms with Gasteiger partial charge in [-0.25, -0.2) is 0 Å². The first-order chi connectivity index (χ1) is 13.0. The van der Waals surface area contributed by atoms with Crippen LogP contribution in [0.25, 0.3) is 0 Å². The van der Waals surface area contributed by atoms with Gasteiger partial charge in [0, 0.05) is 23.6 Å². The number of nitrogens with zero attached hydrogens (tertiary/aromatic N) is 1. The van der Waals surface area contributed by atoms with E-state index in [-0.39, 0.29) is 16.8 Å². The lowest BCUT2D eigenvalue weighted by atomic mass is 10.1. The molecule has 3 rings (SSSR count). The molecule has 0 fully saturated rings. The van der Waals surface area contributed by atoms with Crippen molar-refractivity contribution in [3.05, 3.63) is 58.1 Å². The molecule has 1 aliphatic heterocycles. The van der Waals surface area contributed by atoms with Gasteiger partial charge in [0.1, 0.15) is 13.2 Å². The molecule has 0 radical (unpaired) electrons. The smallest absolute Gasteiger partial charge is 0.269 e. The first kappa shape index (κ1) is 19.0. The summed E-state index contributed by atoms with van der Waals surface area (Å²) >= 11 is 1.37. The number of thioether (sulfide) groups is 1. The summed E-state index contributed by atoms with van der Waals surface area (Å²) < 4.78 is 11.1. The molecule has 142 valence electrons. The zero-order valence-electron chi connectivity index (χ0n) is 14.8. The van der Waals surface area contributed by atoms with Crippen molar-refractivity contribution in [1.82, 2.24) is 5.32 Å². The number of fused-ring (bicyclic) bond motifs is 1. The second-order valence-electron chi connectivity index (χ2n) is 6.03. The minimum atomic E-state index is -0.442. The van der Waals surface area contributed by atoms with Crippen LogP contribution in [0.1, 0.15) is 12.5 Å². The Bertz CT molecular complexity index is 825. The SMILES string of the molecule is CC(Sc1ccc([N+](=O)[O-])cc1)C(=O)NCCc1ccc2c(c1)OCCO2. The molecule has 1 heterocycles. The second-order valence-corrected chi connectivity index (χ2v) is 7.44. The summed E-state index contributed by atoms with van der Waals surface area (Å²) in [6.07, 6.45) is 0.692. The molecule has 0 bridgehead atoms. The Morgan fingerprint density at radius 1 is 1.19 bits per heavy atom. The van der Waals surface area contributed by atoms with E-state index in [0.717, 1.165) is 22.0 Å². The first-order valence-corrected chi connectivity index (χ1v) is 9.48. The Morgan fingerprint density at radius 2 is 1.89 bits per heavy atom. The zero-order chi connectivity index (χ0) is 19.2. The predicted molar refractivity (Wildman–Crippen MR) is 103 cm³/mol. The highest BCUT2D eigenvalue weighted by Gasteiger charge is 2.15. The van der Waals surface area contributed by atoms with Crippen molar-refractivity contribution in [2.45, 2.75) is 23.5 Å². The van der Waals surface area contributed by atoms with E-state index < -0.39 is 4.92 Å². The lowest BCUT2D eigenvalue weighted by molar-refractivity contribution is -0.384. The number of carbonyl (C=O) groups is 1. The molecule has 1 N–H and O–H groups in total. The number of nitro groups is 1. The lowest BCUT2D eigenvalue weighted by Gasteiger charge is -2.19. The maximum absolute atomic E-state index is 12.3. The summed E-state index contributed by atoms with van der Waals surface area (Å²) in [5, 5.41) is 13.3. The van der Waals surface area contributed by atoms with Gasteiger partial charge in [0.05, 0.1) is 10.2 Å². The van der Waals surface area contributed by atoms with Gasteiger partial charge in [-0.15, -0.1) is 11.8 Å². The quantitative estimate of drug-likeness (QED) is 0.445. The van der Waals surface area contributed by atoms with Crippen molar-refractivity contribution in [2.75, 3.05) is 19.8 Å². The average molecular weight is 388 g/mol. The Labute approximate surface area is 161 Å². The van der Waals surface area contributed by atoms with E-state index in [1.54, 1.807) is 12.1 Å². The molecule has 0 aliphatic carbocycles. The number of nitro benzene ring substituents is 1. The molecule has 8 heteroatoms. The number of hydrogen-bond donors (Lipinski definition) is 1. The van der Waals surface area contributed by atoms with E-state index in [1.807, 2.05) is 25.1 Å². The molecule has 1 atom stereocenters. The van der Waals surface area contributed by atoms with Crippen LogP contribution in [0.2, 0.25) is 0 Å². The molecule has 1 amide bonds. The third-order valence-corrected chi connectivity index (χ3v) is 5.16. The van der Waals surface area contributed by atoms with Gasteiger partial charge in [-0.2, -0.15) is 0 Å². The number of amides is 1. The van der Waals surface area contributed by atoms with Crippen LogP contribution in [0.4, 0.5) is 5.69 Å². The molecule has 1 unspecified atom stereocenters. The summed E-state index contributed by atoms with van der Waals surface area (Å²) in [6.45, 7) is 3.44. The zero-order valence-corrected chi connectivity index (χ0v) is 15.7. The second kappa shape index (κ2) is 8.77. The monoisotopic (exact) mass is 388 g/mol. The summed E-state index contributed by atoms with van der Waals surface area (Å²) in [4.78, 5) is 23.3. The van der Waals surface area contributed by atoms with Crippen molar-refractivity contribution in [3.8, 4) is 11.5 Å². The summed E-state index contributed by atoms with van der Waals surface area (Å²) in [5.41, 5.74) is 1.10. The maximum Gasteiger partial charge on any atom is 0.269 e. The fourth-order valence-electron chi connectivity index (χ4n) is 2.62. The van der Waals surface area contributed by atoms with Crippen LogP contribution >= 0.6 is 11.8 Å². The number of hydrogen-bond acceptors (Lipinski definition) is 6. The summed E-state index contributed by atoms with van der Waals surface area (Å²) in [6, 6.07) is 12.0. The lowest BCUT2D eigenvalue weighted by Crippen LogP contribution is -2.32. The standard InChI is InChI=1S/C19H20N2O5S/c1-13(27-16-5-3-15(4-6-16)21(23)24)19(22)20-9-8-14-2-7-17-18(12-14)26-11-10-25-17/h2-7,12-13H,8-11H2,1H3,(H,20,22). The fourth-order valence-corrected chi connectivity index (χ4v) is 3.51. The Morgan fingerprint density at radius 3 is 2.59 bits per heavy atom. The van der Waals surface area contributed by atoms with Gasteiger partial charge in [0.15, 0.2) is 11.5 Å². The van der Waals surface area contributed by atoms with Crippen molar-refractivity contribution in [1.29, 1.82) is 0 Å². The third kappa shape index (κ3) is 5.13. The number of non-ortho nitro benzene ring substituents is 1. The van der Waals surface area contributed by atoms with E-state index in [4.69, 9.17) is 9.47 Å². The van der Waals surface area contributed by atoms with Crippen molar-refractivity contribution >= 4 is 23.4 Å². The molecule has 2 aromatic carbocycles. The molecular formula is C19H20N2O5S. The van der Waals surface area contributed by atoms with E-state index in [9.17, 15) is 14.9 Å². The molecule has 7 nitrogen and oxygen atoms in total. The van der Waals surface area contributed by atoms with Gasteiger partial charge in [-0.1, -0.05) is 6.07 Å². The van der Waals surface area contributed by atoms with Crippen LogP contribution < -0.4 is 14.8 Å². The molecule has 27 heavy (non-hydrogen) atoms. The van der Waals surface area contributed by atoms with Crippen molar-refractivity contribution < 1.29 is 19.2 Å². The topological polar surface area (TPSA) is 90.7 Å². The van der Waals surface area contributed by atoms with Gasteiger partial charge in [0.2, 0.25) is 5.91 Å². The minimum Gasteiger partial charge on any atom is -0.486 e. The molecule has 0 saturated heterocycles. The predicted octanol–water partition coefficient (Wildman–Crippen LogP) is 3.21. The minimum absolute atomic E-state index is 0.0379. The molecule has 1 aliphatic rings. The molecule has 0 spiro atoms. The normalized spacial score (nSPS) is 13.7. The van der Waals surface area contributed by atoms with E-state index in [0.29, 0.717) is 26.2 Å². The number of rotatable bonds is 7. The first-order valence-electron chi connectivity index (χ1n) is 8.60. The van der Waals surface area contributed by atoms with E-state index >= 15 is 0 Å². The Balaban J connectivity index is 1.46. The van der Waals surface area contributed by atoms with Crippen LogP contribution in [0.5, 0.6) is 11.5 Å². The Kier molecular flexibility index (Phi) is 6.18. The van der Waals surface area contributed by atoms with E-state index in [2.05, 4.69) is 5.32 Å². The maximum atomic E-state index is 12.3. The van der Waals surface area contributed by atoms with Crippen LogP contribution in [0.3, 0.4) is 0 Å². The average Bonchev–Trinajstić information content (AvgIpc) is 2.68. The molecule has 2 aromatic rings. The van der Waals surface area contributed by atoms with Gasteiger partial charge >= 0.3 is 0 Å². The highest BCUT2D eigenvalue weighted by molar-refractivity contribution is 8.00. The summed E-state index contributed by atoms with van der Waals surface area (Å²) in [7, 11) is 0. The number of nitrogens with one attached hydrogen (secondary N) is 1. The Hall–Kier alpha value is -2.74.